The van der Waals surface area contributed by atoms with Gasteiger partial charge in [-0.2, -0.15) is 0 Å². The summed E-state index contributed by atoms with van der Waals surface area (Å²) in [6.07, 6.45) is 0. The van der Waals surface area contributed by atoms with Crippen LogP contribution in [0.5, 0.6) is 0 Å². The molecule has 0 aromatic rings. The molecular formula is C8H16ClNO2S. The van der Waals surface area contributed by atoms with E-state index in [0.717, 1.165) is 6.54 Å². The van der Waals surface area contributed by atoms with E-state index in [1.54, 1.807) is 13.8 Å². The van der Waals surface area contributed by atoms with Gasteiger partial charge in [-0.3, -0.25) is 4.90 Å². The Kier molecular flexibility index (Phi) is 3.60. The first-order valence-electron chi connectivity index (χ1n) is 4.49. The summed E-state index contributed by atoms with van der Waals surface area (Å²) >= 11 is 5.61. The first-order chi connectivity index (χ1) is 5.98. The zero-order chi connectivity index (χ0) is 10.1. The average molecular weight is 226 g/mol. The van der Waals surface area contributed by atoms with E-state index in [2.05, 4.69) is 4.90 Å². The number of nitrogens with zero attached hydrogens (tertiary/aromatic N) is 1. The van der Waals surface area contributed by atoms with Crippen LogP contribution in [0.25, 0.3) is 0 Å². The van der Waals surface area contributed by atoms with Crippen LogP contribution in [0.3, 0.4) is 0 Å². The van der Waals surface area contributed by atoms with Crippen LogP contribution in [0.1, 0.15) is 13.8 Å². The molecule has 1 aliphatic heterocycles. The van der Waals surface area contributed by atoms with Crippen molar-refractivity contribution in [3.63, 3.8) is 0 Å². The van der Waals surface area contributed by atoms with Gasteiger partial charge >= 0.3 is 0 Å². The monoisotopic (exact) mass is 225 g/mol. The van der Waals surface area contributed by atoms with E-state index >= 15 is 0 Å². The van der Waals surface area contributed by atoms with Crippen molar-refractivity contribution in [1.29, 1.82) is 0 Å². The maximum absolute atomic E-state index is 11.6. The fraction of sp³-hybridized carbons (Fsp3) is 1.00. The van der Waals surface area contributed by atoms with Crippen LogP contribution in [0.2, 0.25) is 0 Å². The molecule has 0 radical (unpaired) electrons. The number of halogens is 1. The molecule has 1 aliphatic rings. The molecule has 1 saturated heterocycles. The summed E-state index contributed by atoms with van der Waals surface area (Å²) in [5, 5.41) is -0.501. The van der Waals surface area contributed by atoms with Gasteiger partial charge in [0.2, 0.25) is 0 Å². The second-order valence-corrected chi connectivity index (χ2v) is 6.82. The summed E-state index contributed by atoms with van der Waals surface area (Å²) in [5.74, 6) is 0.569. The van der Waals surface area contributed by atoms with Crippen molar-refractivity contribution < 1.29 is 8.42 Å². The van der Waals surface area contributed by atoms with Gasteiger partial charge in [0, 0.05) is 25.5 Å². The van der Waals surface area contributed by atoms with Crippen molar-refractivity contribution in [2.75, 3.05) is 25.5 Å². The molecule has 0 bridgehead atoms. The Balaban J connectivity index is 2.68. The molecule has 5 heteroatoms. The van der Waals surface area contributed by atoms with Gasteiger partial charge in [0.1, 0.15) is 0 Å². The van der Waals surface area contributed by atoms with Crippen molar-refractivity contribution >= 4 is 21.4 Å². The highest BCUT2D eigenvalue weighted by molar-refractivity contribution is 7.92. The summed E-state index contributed by atoms with van der Waals surface area (Å²) in [7, 11) is -2.88. The minimum atomic E-state index is -2.88. The molecule has 0 aromatic heterocycles. The molecule has 1 heterocycles. The van der Waals surface area contributed by atoms with E-state index < -0.39 is 9.84 Å². The zero-order valence-electron chi connectivity index (χ0n) is 8.03. The van der Waals surface area contributed by atoms with Crippen LogP contribution in [0.15, 0.2) is 0 Å². The predicted molar refractivity (Wildman–Crippen MR) is 55.0 cm³/mol. The highest BCUT2D eigenvalue weighted by Gasteiger charge is 2.35. The van der Waals surface area contributed by atoms with Gasteiger partial charge < -0.3 is 0 Å². The van der Waals surface area contributed by atoms with Crippen molar-refractivity contribution in [2.24, 2.45) is 0 Å². The van der Waals surface area contributed by atoms with Gasteiger partial charge in [-0.1, -0.05) is 0 Å². The Bertz CT molecular complexity index is 247. The Hall–Kier alpha value is 0.200. The number of alkyl halides is 1. The van der Waals surface area contributed by atoms with Gasteiger partial charge in [-0.05, 0) is 13.8 Å². The van der Waals surface area contributed by atoms with E-state index in [9.17, 15) is 8.42 Å². The van der Waals surface area contributed by atoms with Crippen LogP contribution in [0.4, 0.5) is 0 Å². The van der Waals surface area contributed by atoms with E-state index in [4.69, 9.17) is 11.6 Å². The highest BCUT2D eigenvalue weighted by Crippen LogP contribution is 2.18. The second-order valence-electron chi connectivity index (χ2n) is 3.66. The maximum atomic E-state index is 11.6. The molecule has 0 N–H and O–H groups in total. The number of rotatable bonds is 2. The first-order valence-corrected chi connectivity index (χ1v) is 6.64. The van der Waals surface area contributed by atoms with Gasteiger partial charge in [-0.25, -0.2) is 8.42 Å². The smallest absolute Gasteiger partial charge is 0.157 e. The molecule has 1 rings (SSSR count). The normalized spacial score (nSPS) is 34.7. The largest absolute Gasteiger partial charge is 0.300 e. The molecule has 0 spiro atoms. The standard InChI is InChI=1S/C8H16ClNO2S/c1-7-5-10(4-3-9)6-8(2)13(7,11)12/h7-8H,3-6H2,1-2H3. The Morgan fingerprint density at radius 3 is 2.15 bits per heavy atom. The third-order valence-corrected chi connectivity index (χ3v) is 5.26. The van der Waals surface area contributed by atoms with Gasteiger partial charge in [-0.15, -0.1) is 11.6 Å². The third-order valence-electron chi connectivity index (χ3n) is 2.55. The number of sulfone groups is 1. The molecule has 0 saturated carbocycles. The lowest BCUT2D eigenvalue weighted by Crippen LogP contribution is -2.50. The lowest BCUT2D eigenvalue weighted by Gasteiger charge is -2.34. The molecular weight excluding hydrogens is 210 g/mol. The fourth-order valence-electron chi connectivity index (χ4n) is 1.71. The van der Waals surface area contributed by atoms with E-state index in [1.165, 1.54) is 0 Å². The summed E-state index contributed by atoms with van der Waals surface area (Å²) in [6, 6.07) is 0. The molecule has 2 atom stereocenters. The summed E-state index contributed by atoms with van der Waals surface area (Å²) < 4.78 is 23.2. The first kappa shape index (κ1) is 11.3. The third kappa shape index (κ3) is 2.36. The van der Waals surface area contributed by atoms with E-state index in [1.807, 2.05) is 0 Å². The number of hydrogen-bond donors (Lipinski definition) is 0. The van der Waals surface area contributed by atoms with Crippen molar-refractivity contribution in [3.8, 4) is 0 Å². The Morgan fingerprint density at radius 2 is 1.77 bits per heavy atom. The predicted octanol–water partition coefficient (Wildman–Crippen LogP) is 0.733. The fourth-order valence-corrected chi connectivity index (χ4v) is 3.58. The summed E-state index contributed by atoms with van der Waals surface area (Å²) in [4.78, 5) is 2.11. The van der Waals surface area contributed by atoms with Crippen LogP contribution < -0.4 is 0 Å². The van der Waals surface area contributed by atoms with Crippen LogP contribution in [0, 0.1) is 0 Å². The lowest BCUT2D eigenvalue weighted by molar-refractivity contribution is 0.275. The molecule has 13 heavy (non-hydrogen) atoms. The van der Waals surface area contributed by atoms with Gasteiger partial charge in [0.15, 0.2) is 9.84 Å². The second kappa shape index (κ2) is 4.15. The lowest BCUT2D eigenvalue weighted by atomic mass is 10.3. The average Bonchev–Trinajstić information content (AvgIpc) is 2.02. The molecule has 78 valence electrons. The van der Waals surface area contributed by atoms with Crippen LogP contribution >= 0.6 is 11.6 Å². The minimum absolute atomic E-state index is 0.250. The molecule has 2 unspecified atom stereocenters. The zero-order valence-corrected chi connectivity index (χ0v) is 9.61. The van der Waals surface area contributed by atoms with Gasteiger partial charge in [0.05, 0.1) is 10.5 Å². The summed E-state index contributed by atoms with van der Waals surface area (Å²) in [5.41, 5.74) is 0. The highest BCUT2D eigenvalue weighted by atomic mass is 35.5. The number of hydrogen-bond acceptors (Lipinski definition) is 3. The van der Waals surface area contributed by atoms with Gasteiger partial charge in [0.25, 0.3) is 0 Å². The summed E-state index contributed by atoms with van der Waals surface area (Å²) in [6.45, 7) is 5.57. The van der Waals surface area contributed by atoms with Crippen molar-refractivity contribution in [2.45, 2.75) is 24.3 Å². The minimum Gasteiger partial charge on any atom is -0.300 e. The van der Waals surface area contributed by atoms with Crippen molar-refractivity contribution in [1.82, 2.24) is 4.90 Å². The Morgan fingerprint density at radius 1 is 1.31 bits per heavy atom. The van der Waals surface area contributed by atoms with Crippen molar-refractivity contribution in [3.05, 3.63) is 0 Å². The van der Waals surface area contributed by atoms with Crippen LogP contribution in [-0.2, 0) is 9.84 Å². The molecule has 0 amide bonds. The molecule has 0 aliphatic carbocycles. The Labute approximate surface area is 85.0 Å². The molecule has 3 nitrogen and oxygen atoms in total. The van der Waals surface area contributed by atoms with E-state index in [0.29, 0.717) is 19.0 Å². The quantitative estimate of drug-likeness (QED) is 0.651. The maximum Gasteiger partial charge on any atom is 0.157 e. The van der Waals surface area contributed by atoms with E-state index in [-0.39, 0.29) is 10.5 Å². The van der Waals surface area contributed by atoms with Crippen LogP contribution in [-0.4, -0.2) is 49.3 Å². The SMILES string of the molecule is CC1CN(CCCl)CC(C)S1(=O)=O. The topological polar surface area (TPSA) is 37.4 Å². The molecule has 1 fully saturated rings. The molecule has 0 aromatic carbocycles.